The third-order valence-corrected chi connectivity index (χ3v) is 8.00. The minimum absolute atomic E-state index is 0. The van der Waals surface area contributed by atoms with E-state index in [1.807, 2.05) is 105 Å². The van der Waals surface area contributed by atoms with Gasteiger partial charge in [0.15, 0.2) is 0 Å². The van der Waals surface area contributed by atoms with Crippen LogP contribution in [0.2, 0.25) is 0 Å². The molecule has 8 nitrogen and oxygen atoms in total. The van der Waals surface area contributed by atoms with Crippen molar-refractivity contribution in [1.82, 2.24) is 4.90 Å². The SMILES string of the molecule is C.C.C.CC(=O)C(C)(C)C.CC(=O)CS(=O)Oc1ccc(C)cc1.CC(=O)Cc1ccccc1.CC(=O)Cc1ccccc1.CC(=O)N1CCCCC1. The van der Waals surface area contributed by atoms with E-state index < -0.39 is 11.1 Å². The maximum Gasteiger partial charge on any atom is 0.219 e. The topological polar surface area (TPSA) is 115 Å². The number of nitrogens with zero attached hydrogens (tertiary/aromatic N) is 1. The van der Waals surface area contributed by atoms with Crippen LogP contribution in [0.4, 0.5) is 0 Å². The number of rotatable bonds is 8. The Morgan fingerprint density at radius 2 is 1.00 bits per heavy atom. The molecule has 1 heterocycles. The molecule has 3 aromatic rings. The summed E-state index contributed by atoms with van der Waals surface area (Å²) in [5, 5.41) is 0. The number of hydrogen-bond acceptors (Lipinski definition) is 7. The number of amides is 1. The predicted molar refractivity (Wildman–Crippen MR) is 224 cm³/mol. The second kappa shape index (κ2) is 31.3. The lowest BCUT2D eigenvalue weighted by Crippen LogP contribution is -2.33. The smallest absolute Gasteiger partial charge is 0.219 e. The van der Waals surface area contributed by atoms with Crippen LogP contribution in [0, 0.1) is 12.3 Å². The van der Waals surface area contributed by atoms with Crippen LogP contribution < -0.4 is 4.18 Å². The fourth-order valence-corrected chi connectivity index (χ4v) is 4.59. The predicted octanol–water partition coefficient (Wildman–Crippen LogP) is 9.81. The van der Waals surface area contributed by atoms with E-state index in [1.54, 1.807) is 39.8 Å². The number of benzene rings is 3. The van der Waals surface area contributed by atoms with Gasteiger partial charge < -0.3 is 9.08 Å². The number of hydrogen-bond donors (Lipinski definition) is 0. The molecule has 1 fully saturated rings. The molecular formula is C44H69NO7S. The molecule has 0 aromatic heterocycles. The minimum atomic E-state index is -1.56. The Morgan fingerprint density at radius 1 is 0.623 bits per heavy atom. The second-order valence-corrected chi connectivity index (χ2v) is 14.2. The van der Waals surface area contributed by atoms with Crippen LogP contribution in [0.1, 0.15) is 114 Å². The first-order valence-corrected chi connectivity index (χ1v) is 18.1. The number of piperidine rings is 1. The van der Waals surface area contributed by atoms with Gasteiger partial charge >= 0.3 is 0 Å². The van der Waals surface area contributed by atoms with Crippen molar-refractivity contribution in [2.24, 2.45) is 5.41 Å². The van der Waals surface area contributed by atoms with E-state index in [4.69, 9.17) is 4.18 Å². The zero-order chi connectivity index (χ0) is 38.1. The van der Waals surface area contributed by atoms with E-state index >= 15 is 0 Å². The Morgan fingerprint density at radius 3 is 1.28 bits per heavy atom. The number of Topliss-reactive ketones (excluding diaryl/α,β-unsaturated/α-hetero) is 4. The van der Waals surface area contributed by atoms with Gasteiger partial charge in [0.25, 0.3) is 0 Å². The molecule has 9 heteroatoms. The van der Waals surface area contributed by atoms with Gasteiger partial charge in [0.2, 0.25) is 17.0 Å². The van der Waals surface area contributed by atoms with Crippen molar-refractivity contribution >= 4 is 40.1 Å². The lowest BCUT2D eigenvalue weighted by Gasteiger charge is -2.24. The lowest BCUT2D eigenvalue weighted by molar-refractivity contribution is -0.129. The molecule has 0 N–H and O–H groups in total. The highest BCUT2D eigenvalue weighted by Crippen LogP contribution is 2.13. The highest BCUT2D eigenvalue weighted by atomic mass is 32.2. The first kappa shape index (κ1) is 55.5. The zero-order valence-electron chi connectivity index (χ0n) is 31.5. The summed E-state index contributed by atoms with van der Waals surface area (Å²) >= 11 is -1.56. The third kappa shape index (κ3) is 32.2. The summed E-state index contributed by atoms with van der Waals surface area (Å²) in [6.45, 7) is 17.5. The fourth-order valence-electron chi connectivity index (χ4n) is 3.87. The molecular weight excluding hydrogens is 687 g/mol. The first-order chi connectivity index (χ1) is 23.4. The van der Waals surface area contributed by atoms with Gasteiger partial charge in [0.05, 0.1) is 0 Å². The van der Waals surface area contributed by atoms with E-state index in [1.165, 1.54) is 26.2 Å². The van der Waals surface area contributed by atoms with Crippen molar-refractivity contribution < 1.29 is 32.4 Å². The Bertz CT molecular complexity index is 1410. The molecule has 1 aliphatic heterocycles. The number of aryl methyl sites for hydroxylation is 1. The number of ketones is 4. The second-order valence-electron chi connectivity index (χ2n) is 13.1. The van der Waals surface area contributed by atoms with E-state index in [-0.39, 0.29) is 62.5 Å². The molecule has 0 spiro atoms. The van der Waals surface area contributed by atoms with Gasteiger partial charge in [-0.1, -0.05) is 121 Å². The van der Waals surface area contributed by atoms with Crippen molar-refractivity contribution in [3.63, 3.8) is 0 Å². The monoisotopic (exact) mass is 755 g/mol. The molecule has 298 valence electrons. The molecule has 0 aliphatic carbocycles. The fraction of sp³-hybridized carbons (Fsp3) is 0.477. The molecule has 53 heavy (non-hydrogen) atoms. The van der Waals surface area contributed by atoms with Gasteiger partial charge in [-0.25, -0.2) is 4.21 Å². The van der Waals surface area contributed by atoms with Crippen molar-refractivity contribution in [2.45, 2.75) is 117 Å². The Kier molecular flexibility index (Phi) is 32.8. The van der Waals surface area contributed by atoms with Gasteiger partial charge in [0.1, 0.15) is 34.6 Å². The number of carbonyl (C=O) groups is 5. The van der Waals surface area contributed by atoms with Gasteiger partial charge in [0, 0.05) is 38.3 Å². The Hall–Kier alpha value is -4.24. The van der Waals surface area contributed by atoms with Crippen LogP contribution in [0.3, 0.4) is 0 Å². The van der Waals surface area contributed by atoms with Gasteiger partial charge in [-0.05, 0) is 77.1 Å². The maximum atomic E-state index is 11.2. The van der Waals surface area contributed by atoms with Crippen LogP contribution in [-0.4, -0.2) is 57.0 Å². The summed E-state index contributed by atoms with van der Waals surface area (Å²) in [5.74, 6) is 1.22. The van der Waals surface area contributed by atoms with Crippen molar-refractivity contribution in [1.29, 1.82) is 0 Å². The minimum Gasteiger partial charge on any atom is -0.400 e. The summed E-state index contributed by atoms with van der Waals surface area (Å²) in [5.41, 5.74) is 3.15. The third-order valence-electron chi connectivity index (χ3n) is 6.98. The molecule has 1 atom stereocenters. The summed E-state index contributed by atoms with van der Waals surface area (Å²) in [6, 6.07) is 26.7. The average Bonchev–Trinajstić information content (AvgIpc) is 3.03. The quantitative estimate of drug-likeness (QED) is 0.225. The van der Waals surface area contributed by atoms with E-state index in [9.17, 15) is 28.2 Å². The molecule has 4 rings (SSSR count). The summed E-state index contributed by atoms with van der Waals surface area (Å²) in [7, 11) is 0. The van der Waals surface area contributed by atoms with Gasteiger partial charge in [-0.3, -0.25) is 24.0 Å². The van der Waals surface area contributed by atoms with Gasteiger partial charge in [-0.2, -0.15) is 0 Å². The van der Waals surface area contributed by atoms with E-state index in [0.717, 1.165) is 29.8 Å². The van der Waals surface area contributed by atoms with Gasteiger partial charge in [-0.15, -0.1) is 0 Å². The van der Waals surface area contributed by atoms with Crippen molar-refractivity contribution in [3.8, 4) is 5.75 Å². The average molecular weight is 756 g/mol. The summed E-state index contributed by atoms with van der Waals surface area (Å²) in [4.78, 5) is 55.0. The van der Waals surface area contributed by atoms with Crippen molar-refractivity contribution in [2.75, 3.05) is 18.8 Å². The molecule has 1 unspecified atom stereocenters. The summed E-state index contributed by atoms with van der Waals surface area (Å²) in [6.07, 6.45) is 4.80. The van der Waals surface area contributed by atoms with E-state index in [0.29, 0.717) is 18.6 Å². The first-order valence-electron chi connectivity index (χ1n) is 16.9. The van der Waals surface area contributed by atoms with Crippen LogP contribution in [-0.2, 0) is 47.9 Å². The molecule has 1 saturated heterocycles. The normalized spacial score (nSPS) is 11.6. The number of carbonyl (C=O) groups excluding carboxylic acids is 5. The Balaban J connectivity index is -0.000000284. The molecule has 1 amide bonds. The van der Waals surface area contributed by atoms with Crippen LogP contribution >= 0.6 is 0 Å². The van der Waals surface area contributed by atoms with E-state index in [2.05, 4.69) is 0 Å². The highest BCUT2D eigenvalue weighted by Gasteiger charge is 2.14. The molecule has 3 aromatic carbocycles. The van der Waals surface area contributed by atoms with Crippen molar-refractivity contribution in [3.05, 3.63) is 102 Å². The largest absolute Gasteiger partial charge is 0.400 e. The maximum absolute atomic E-state index is 11.2. The molecule has 1 aliphatic rings. The zero-order valence-corrected chi connectivity index (χ0v) is 32.3. The van der Waals surface area contributed by atoms with Crippen LogP contribution in [0.5, 0.6) is 5.75 Å². The molecule has 0 bridgehead atoms. The highest BCUT2D eigenvalue weighted by molar-refractivity contribution is 7.81. The molecule has 0 saturated carbocycles. The lowest BCUT2D eigenvalue weighted by atomic mass is 9.92. The van der Waals surface area contributed by atoms with Crippen LogP contribution in [0.15, 0.2) is 84.9 Å². The number of likely N-dealkylation sites (tertiary alicyclic amines) is 1. The standard InChI is InChI=1S/C10H12O3S.2C9H10O.C7H13NO.C6H12O.3CH4/c1-8-3-5-10(6-4-8)13-14(12)7-9(2)11;2*1-8(10)7-9-5-3-2-4-6-9;1-7(9)8-5-3-2-4-6-8;1-5(7)6(2,3)4;;;/h3-6H,7H2,1-2H3;2*2-6H,7H2,1H3;2-6H2,1H3;1-4H3;3*1H4. The Labute approximate surface area is 324 Å². The van der Waals surface area contributed by atoms with Crippen LogP contribution in [0.25, 0.3) is 0 Å². The molecule has 0 radical (unpaired) electrons. The summed E-state index contributed by atoms with van der Waals surface area (Å²) < 4.78 is 16.2.